The van der Waals surface area contributed by atoms with Gasteiger partial charge in [-0.05, 0) is 62.5 Å². The number of aromatic nitrogens is 3. The number of alkyl carbamates (subject to hydrolysis) is 1. The van der Waals surface area contributed by atoms with Gasteiger partial charge in [0.25, 0.3) is 0 Å². The van der Waals surface area contributed by atoms with Crippen molar-refractivity contribution in [2.24, 2.45) is 17.3 Å². The summed E-state index contributed by atoms with van der Waals surface area (Å²) in [5.41, 5.74) is 1.44. The van der Waals surface area contributed by atoms with Crippen LogP contribution in [0.1, 0.15) is 83.6 Å². The fourth-order valence-corrected chi connectivity index (χ4v) is 6.75. The van der Waals surface area contributed by atoms with Gasteiger partial charge in [0.15, 0.2) is 6.61 Å². The van der Waals surface area contributed by atoms with E-state index in [0.717, 1.165) is 49.6 Å². The fraction of sp³-hybridized carbons (Fsp3) is 0.600. The van der Waals surface area contributed by atoms with E-state index < -0.39 is 29.7 Å². The molecule has 3 aliphatic rings. The molecule has 2 aliphatic heterocycles. The number of benzene rings is 1. The molecule has 1 N–H and O–H groups in total. The third kappa shape index (κ3) is 7.36. The number of nitrogens with zero attached hydrogens (tertiary/aromatic N) is 4. The summed E-state index contributed by atoms with van der Waals surface area (Å²) in [6, 6.07) is 3.94. The van der Waals surface area contributed by atoms with E-state index in [9.17, 15) is 14.4 Å². The number of nitrogens with one attached hydrogen (secondary N) is 1. The quantitative estimate of drug-likeness (QED) is 0.360. The summed E-state index contributed by atoms with van der Waals surface area (Å²) in [7, 11) is 0. The van der Waals surface area contributed by atoms with E-state index in [1.165, 1.54) is 0 Å². The van der Waals surface area contributed by atoms with Crippen molar-refractivity contribution in [3.05, 3.63) is 41.7 Å². The number of hydrogen-bond acceptors (Lipinski definition) is 10. The van der Waals surface area contributed by atoms with Crippen LogP contribution in [0.25, 0.3) is 11.0 Å². The molecule has 6 rings (SSSR count). The molecule has 1 saturated heterocycles. The van der Waals surface area contributed by atoms with Crippen LogP contribution < -0.4 is 14.8 Å². The standard InChI is InChI=1S/C35H45N5O7/c1-6-23-27(18-41)40-17-29(23)46-32-25(37-24-13-12-22(15-26(24)38-32)44-19-30-36-16-20(2)45-30)11-9-7-8-10-21-14-28(21)47-34(43)39-31(33(40)42)35(3,4)5/h12-13,15-16,18,21,23,27-29,31H,6-11,14,17,19H2,1-5H3,(H,39,43)/t21-,23+,27-,28-,29+,31-/m1/s1. The first-order chi connectivity index (χ1) is 22.5. The second-order valence-electron chi connectivity index (χ2n) is 14.1. The number of rotatable bonds is 5. The second kappa shape index (κ2) is 13.5. The topological polar surface area (TPSA) is 146 Å². The first kappa shape index (κ1) is 32.7. The lowest BCUT2D eigenvalue weighted by atomic mass is 9.85. The summed E-state index contributed by atoms with van der Waals surface area (Å²) >= 11 is 0. The highest BCUT2D eigenvalue weighted by molar-refractivity contribution is 5.89. The maximum absolute atomic E-state index is 14.1. The number of aryl methyl sites for hydroxylation is 2. The molecule has 0 unspecified atom stereocenters. The van der Waals surface area contributed by atoms with E-state index in [0.29, 0.717) is 47.6 Å². The van der Waals surface area contributed by atoms with Gasteiger partial charge in [0, 0.05) is 12.0 Å². The maximum atomic E-state index is 14.1. The molecule has 1 saturated carbocycles. The minimum absolute atomic E-state index is 0.132. The van der Waals surface area contributed by atoms with Crippen molar-refractivity contribution >= 4 is 29.3 Å². The van der Waals surface area contributed by atoms with Crippen LogP contribution >= 0.6 is 0 Å². The Morgan fingerprint density at radius 3 is 2.64 bits per heavy atom. The van der Waals surface area contributed by atoms with Gasteiger partial charge in [-0.1, -0.05) is 40.5 Å². The Kier molecular flexibility index (Phi) is 9.39. The SMILES string of the molecule is CC[C@@H]1[C@@H]2CN(C(=O)[C@H](C(C)(C)C)NC(=O)O[C@@H]3C[C@H]3CCCCCc3nc4ccc(OCc5ncc(C)o5)cc4nc3O2)[C@@H]1C=O. The molecular weight excluding hydrogens is 602 g/mol. The van der Waals surface area contributed by atoms with Gasteiger partial charge in [0.05, 0.1) is 29.8 Å². The minimum atomic E-state index is -0.889. The van der Waals surface area contributed by atoms with Gasteiger partial charge in [0.2, 0.25) is 17.7 Å². The Labute approximate surface area is 274 Å². The summed E-state index contributed by atoms with van der Waals surface area (Å²) in [5.74, 6) is 1.90. The number of aldehydes is 1. The number of ether oxygens (including phenoxy) is 3. The Balaban J connectivity index is 1.32. The zero-order chi connectivity index (χ0) is 33.3. The van der Waals surface area contributed by atoms with Crippen LogP contribution in [0, 0.1) is 24.2 Å². The van der Waals surface area contributed by atoms with Gasteiger partial charge in [-0.3, -0.25) is 4.79 Å². The van der Waals surface area contributed by atoms with Crippen molar-refractivity contribution in [3.8, 4) is 11.6 Å². The molecule has 252 valence electrons. The van der Waals surface area contributed by atoms with Gasteiger partial charge in [-0.25, -0.2) is 19.7 Å². The predicted octanol–water partition coefficient (Wildman–Crippen LogP) is 5.33. The Hall–Kier alpha value is -4.22. The molecule has 2 bridgehead atoms. The van der Waals surface area contributed by atoms with Crippen molar-refractivity contribution in [3.63, 3.8) is 0 Å². The number of fused-ring (bicyclic) bond motifs is 5. The highest BCUT2D eigenvalue weighted by Gasteiger charge is 2.49. The van der Waals surface area contributed by atoms with Crippen LogP contribution in [0.2, 0.25) is 0 Å². The van der Waals surface area contributed by atoms with Crippen LogP contribution in [0.3, 0.4) is 0 Å². The van der Waals surface area contributed by atoms with Crippen LogP contribution in [-0.2, 0) is 27.4 Å². The van der Waals surface area contributed by atoms with Gasteiger partial charge in [0.1, 0.15) is 41.7 Å². The van der Waals surface area contributed by atoms with Crippen LogP contribution in [0.5, 0.6) is 11.6 Å². The molecule has 47 heavy (non-hydrogen) atoms. The molecule has 4 heterocycles. The van der Waals surface area contributed by atoms with E-state index in [1.807, 2.05) is 52.8 Å². The van der Waals surface area contributed by atoms with E-state index in [-0.39, 0.29) is 31.1 Å². The summed E-state index contributed by atoms with van der Waals surface area (Å²) in [4.78, 5) is 55.3. The molecule has 1 aromatic carbocycles. The lowest BCUT2D eigenvalue weighted by molar-refractivity contribution is -0.139. The number of oxazole rings is 1. The van der Waals surface area contributed by atoms with E-state index in [2.05, 4.69) is 10.3 Å². The summed E-state index contributed by atoms with van der Waals surface area (Å²) < 4.78 is 23.8. The molecule has 1 aliphatic carbocycles. The lowest BCUT2D eigenvalue weighted by Gasteiger charge is -2.34. The normalized spacial score (nSPS) is 27.0. The highest BCUT2D eigenvalue weighted by Crippen LogP contribution is 2.39. The largest absolute Gasteiger partial charge is 0.484 e. The third-order valence-corrected chi connectivity index (χ3v) is 9.49. The Bertz CT molecular complexity index is 1620. The molecule has 12 heteroatoms. The summed E-state index contributed by atoms with van der Waals surface area (Å²) in [6.45, 7) is 9.83. The molecule has 0 radical (unpaired) electrons. The smallest absolute Gasteiger partial charge is 0.408 e. The molecule has 2 fully saturated rings. The number of carbonyl (C=O) groups excluding carboxylic acids is 3. The molecule has 2 aromatic heterocycles. The van der Waals surface area contributed by atoms with Crippen LogP contribution in [0.4, 0.5) is 4.79 Å². The van der Waals surface area contributed by atoms with Gasteiger partial charge < -0.3 is 33.6 Å². The minimum Gasteiger partial charge on any atom is -0.484 e. The van der Waals surface area contributed by atoms with Crippen molar-refractivity contribution in [1.29, 1.82) is 0 Å². The summed E-state index contributed by atoms with van der Waals surface area (Å²) in [5, 5.41) is 2.84. The number of carbonyl (C=O) groups is 3. The van der Waals surface area contributed by atoms with Crippen molar-refractivity contribution < 1.29 is 33.0 Å². The van der Waals surface area contributed by atoms with Crippen molar-refractivity contribution in [1.82, 2.24) is 25.2 Å². The van der Waals surface area contributed by atoms with Crippen molar-refractivity contribution in [2.75, 3.05) is 6.54 Å². The lowest BCUT2D eigenvalue weighted by Crippen LogP contribution is -2.56. The Morgan fingerprint density at radius 1 is 1.09 bits per heavy atom. The van der Waals surface area contributed by atoms with E-state index in [1.54, 1.807) is 11.1 Å². The van der Waals surface area contributed by atoms with E-state index >= 15 is 0 Å². The van der Waals surface area contributed by atoms with Gasteiger partial charge >= 0.3 is 6.09 Å². The van der Waals surface area contributed by atoms with Gasteiger partial charge in [-0.2, -0.15) is 0 Å². The molecule has 6 atom stereocenters. The predicted molar refractivity (Wildman–Crippen MR) is 172 cm³/mol. The molecule has 12 nitrogen and oxygen atoms in total. The molecule has 0 spiro atoms. The average Bonchev–Trinajstić information content (AvgIpc) is 3.45. The zero-order valence-corrected chi connectivity index (χ0v) is 27.9. The maximum Gasteiger partial charge on any atom is 0.408 e. The first-order valence-electron chi connectivity index (χ1n) is 16.8. The highest BCUT2D eigenvalue weighted by atomic mass is 16.6. The zero-order valence-electron chi connectivity index (χ0n) is 27.9. The third-order valence-electron chi connectivity index (χ3n) is 9.49. The first-order valence-corrected chi connectivity index (χ1v) is 16.8. The van der Waals surface area contributed by atoms with Crippen LogP contribution in [-0.4, -0.2) is 69.0 Å². The van der Waals surface area contributed by atoms with Crippen LogP contribution in [0.15, 0.2) is 28.8 Å². The van der Waals surface area contributed by atoms with Crippen molar-refractivity contribution in [2.45, 2.75) is 110 Å². The van der Waals surface area contributed by atoms with E-state index in [4.69, 9.17) is 28.6 Å². The number of amides is 2. The molecule has 2 amide bonds. The second-order valence-corrected chi connectivity index (χ2v) is 14.1. The van der Waals surface area contributed by atoms with Gasteiger partial charge in [-0.15, -0.1) is 0 Å². The fourth-order valence-electron chi connectivity index (χ4n) is 6.75. The molecule has 3 aromatic rings. The monoisotopic (exact) mass is 647 g/mol. The number of hydrogen-bond donors (Lipinski definition) is 1. The Morgan fingerprint density at radius 2 is 1.91 bits per heavy atom. The average molecular weight is 648 g/mol. The summed E-state index contributed by atoms with van der Waals surface area (Å²) in [6.07, 6.45) is 7.20. The molecular formula is C35H45N5O7.